The number of methoxy groups -OCH3 is 1. The Morgan fingerprint density at radius 1 is 1.06 bits per heavy atom. The van der Waals surface area contributed by atoms with Crippen molar-refractivity contribution in [2.45, 2.75) is 66.0 Å². The normalized spacial score (nSPS) is 13.8. The first-order valence-electron chi connectivity index (χ1n) is 10.9. The lowest BCUT2D eigenvalue weighted by atomic mass is 9.94. The number of benzene rings is 1. The first kappa shape index (κ1) is 27.8. The van der Waals surface area contributed by atoms with Crippen LogP contribution < -0.4 is 5.32 Å². The molecule has 0 spiro atoms. The minimum absolute atomic E-state index is 0.0385. The Morgan fingerprint density at radius 3 is 2.21 bits per heavy atom. The summed E-state index contributed by atoms with van der Waals surface area (Å²) in [4.78, 5) is 48.0. The quantitative estimate of drug-likeness (QED) is 0.322. The van der Waals surface area contributed by atoms with Gasteiger partial charge in [0.25, 0.3) is 0 Å². The minimum atomic E-state index is -0.904. The van der Waals surface area contributed by atoms with Crippen LogP contribution in [0.3, 0.4) is 0 Å². The van der Waals surface area contributed by atoms with Crippen molar-refractivity contribution in [1.82, 2.24) is 5.32 Å². The second kappa shape index (κ2) is 12.7. The van der Waals surface area contributed by atoms with Gasteiger partial charge in [-0.1, -0.05) is 43.3 Å². The van der Waals surface area contributed by atoms with E-state index in [-0.39, 0.29) is 23.9 Å². The van der Waals surface area contributed by atoms with Gasteiger partial charge in [0.1, 0.15) is 11.6 Å². The van der Waals surface area contributed by atoms with Crippen LogP contribution in [0.5, 0.6) is 0 Å². The van der Waals surface area contributed by atoms with E-state index in [9.17, 15) is 19.2 Å². The van der Waals surface area contributed by atoms with Crippen LogP contribution in [-0.2, 0) is 36.7 Å². The molecule has 1 amide bonds. The van der Waals surface area contributed by atoms with Crippen LogP contribution in [0.1, 0.15) is 52.7 Å². The number of rotatable bonds is 10. The SMILES string of the molecule is COC(=O)[C@H](Cc1cccc(CC(C)C(=O)/C=C\C=C(\C)C(C)=O)c1)NC(=O)OC(C)(C)C. The number of Topliss-reactive ketones (excluding diaryl/α,β-unsaturated/α-hetero) is 1. The first-order valence-corrected chi connectivity index (χ1v) is 10.9. The molecule has 0 bridgehead atoms. The van der Waals surface area contributed by atoms with Crippen LogP contribution in [-0.4, -0.2) is 42.4 Å². The highest BCUT2D eigenvalue weighted by Gasteiger charge is 2.25. The van der Waals surface area contributed by atoms with Crippen LogP contribution in [0, 0.1) is 5.92 Å². The Labute approximate surface area is 196 Å². The van der Waals surface area contributed by atoms with E-state index in [4.69, 9.17) is 9.47 Å². The molecule has 1 rings (SSSR count). The molecule has 180 valence electrons. The molecular weight excluding hydrogens is 422 g/mol. The molecule has 0 aliphatic heterocycles. The van der Waals surface area contributed by atoms with E-state index >= 15 is 0 Å². The summed E-state index contributed by atoms with van der Waals surface area (Å²) in [5.74, 6) is -0.928. The lowest BCUT2D eigenvalue weighted by Gasteiger charge is -2.22. The van der Waals surface area contributed by atoms with E-state index in [1.807, 2.05) is 31.2 Å². The minimum Gasteiger partial charge on any atom is -0.467 e. The molecule has 0 aromatic heterocycles. The van der Waals surface area contributed by atoms with Gasteiger partial charge in [-0.25, -0.2) is 9.59 Å². The highest BCUT2D eigenvalue weighted by molar-refractivity contribution is 5.94. The van der Waals surface area contributed by atoms with E-state index in [2.05, 4.69) is 5.32 Å². The number of amides is 1. The maximum absolute atomic E-state index is 12.4. The summed E-state index contributed by atoms with van der Waals surface area (Å²) in [7, 11) is 1.26. The Kier molecular flexibility index (Phi) is 10.7. The van der Waals surface area contributed by atoms with Crippen molar-refractivity contribution in [3.63, 3.8) is 0 Å². The molecule has 2 atom stereocenters. The number of ketones is 2. The number of nitrogens with one attached hydrogen (secondary N) is 1. The van der Waals surface area contributed by atoms with Gasteiger partial charge in [-0.15, -0.1) is 0 Å². The topological polar surface area (TPSA) is 98.8 Å². The molecular formula is C26H35NO6. The van der Waals surface area contributed by atoms with Gasteiger partial charge in [0.2, 0.25) is 0 Å². The van der Waals surface area contributed by atoms with E-state index in [0.717, 1.165) is 11.1 Å². The van der Waals surface area contributed by atoms with Gasteiger partial charge in [-0.05, 0) is 63.8 Å². The third-order valence-electron chi connectivity index (χ3n) is 4.80. The molecule has 0 aliphatic carbocycles. The van der Waals surface area contributed by atoms with E-state index < -0.39 is 23.7 Å². The van der Waals surface area contributed by atoms with Crippen LogP contribution in [0.25, 0.3) is 0 Å². The third kappa shape index (κ3) is 10.8. The van der Waals surface area contributed by atoms with Gasteiger partial charge in [0.05, 0.1) is 7.11 Å². The number of alkyl carbamates (subject to hydrolysis) is 1. The van der Waals surface area contributed by atoms with Crippen molar-refractivity contribution in [3.05, 3.63) is 59.2 Å². The average molecular weight is 458 g/mol. The summed E-state index contributed by atoms with van der Waals surface area (Å²) in [6.45, 7) is 10.2. The first-order chi connectivity index (χ1) is 15.3. The largest absolute Gasteiger partial charge is 0.467 e. The molecule has 0 aliphatic rings. The number of ether oxygens (including phenoxy) is 2. The summed E-state index contributed by atoms with van der Waals surface area (Å²) in [6.07, 6.45) is 4.72. The van der Waals surface area contributed by atoms with Gasteiger partial charge in [0, 0.05) is 12.3 Å². The predicted molar refractivity (Wildman–Crippen MR) is 127 cm³/mol. The molecule has 0 saturated heterocycles. The highest BCUT2D eigenvalue weighted by atomic mass is 16.6. The highest BCUT2D eigenvalue weighted by Crippen LogP contribution is 2.15. The number of allylic oxidation sites excluding steroid dienone is 4. The fraction of sp³-hybridized carbons (Fsp3) is 0.462. The lowest BCUT2D eigenvalue weighted by Crippen LogP contribution is -2.45. The number of hydrogen-bond acceptors (Lipinski definition) is 6. The van der Waals surface area contributed by atoms with Gasteiger partial charge in [-0.2, -0.15) is 0 Å². The number of carbonyl (C=O) groups is 4. The van der Waals surface area contributed by atoms with E-state index in [0.29, 0.717) is 12.0 Å². The monoisotopic (exact) mass is 457 g/mol. The average Bonchev–Trinajstić information content (AvgIpc) is 2.71. The number of carbonyl (C=O) groups excluding carboxylic acids is 4. The van der Waals surface area contributed by atoms with Crippen LogP contribution in [0.4, 0.5) is 4.79 Å². The van der Waals surface area contributed by atoms with Crippen molar-refractivity contribution in [1.29, 1.82) is 0 Å². The Bertz CT molecular complexity index is 923. The Hall–Kier alpha value is -3.22. The van der Waals surface area contributed by atoms with Crippen LogP contribution in [0.2, 0.25) is 0 Å². The fourth-order valence-corrected chi connectivity index (χ4v) is 2.93. The van der Waals surface area contributed by atoms with Crippen LogP contribution >= 0.6 is 0 Å². The van der Waals surface area contributed by atoms with Gasteiger partial charge >= 0.3 is 12.1 Å². The smallest absolute Gasteiger partial charge is 0.408 e. The molecule has 0 radical (unpaired) electrons. The summed E-state index contributed by atoms with van der Waals surface area (Å²) in [5.41, 5.74) is 1.63. The van der Waals surface area contributed by atoms with Crippen molar-refractivity contribution < 1.29 is 28.7 Å². The van der Waals surface area contributed by atoms with Crippen molar-refractivity contribution >= 4 is 23.6 Å². The zero-order valence-electron chi connectivity index (χ0n) is 20.6. The molecule has 1 aromatic rings. The maximum Gasteiger partial charge on any atom is 0.408 e. The van der Waals surface area contributed by atoms with E-state index in [1.54, 1.807) is 39.8 Å². The van der Waals surface area contributed by atoms with Crippen molar-refractivity contribution in [2.24, 2.45) is 5.92 Å². The number of esters is 1. The van der Waals surface area contributed by atoms with Crippen LogP contribution in [0.15, 0.2) is 48.1 Å². The summed E-state index contributed by atoms with van der Waals surface area (Å²) < 4.78 is 10.1. The van der Waals surface area contributed by atoms with Gasteiger partial charge < -0.3 is 14.8 Å². The summed E-state index contributed by atoms with van der Waals surface area (Å²) in [5, 5.41) is 2.56. The van der Waals surface area contributed by atoms with Gasteiger partial charge in [-0.3, -0.25) is 9.59 Å². The molecule has 7 heteroatoms. The third-order valence-corrected chi connectivity index (χ3v) is 4.80. The zero-order chi connectivity index (χ0) is 25.2. The standard InChI is InChI=1S/C26H35NO6/c1-17(19(3)28)10-8-13-23(29)18(2)14-20-11-9-12-21(15-20)16-22(24(30)32-7)27-25(31)33-26(4,5)6/h8-13,15,18,22H,14,16H2,1-7H3,(H,27,31)/b13-8-,17-10-/t18?,22-/m0/s1. The molecule has 1 unspecified atom stereocenters. The molecule has 1 aromatic carbocycles. The molecule has 0 saturated carbocycles. The predicted octanol–water partition coefficient (Wildman–Crippen LogP) is 4.13. The second-order valence-corrected chi connectivity index (χ2v) is 9.02. The molecule has 1 N–H and O–H groups in total. The van der Waals surface area contributed by atoms with E-state index in [1.165, 1.54) is 20.1 Å². The fourth-order valence-electron chi connectivity index (χ4n) is 2.93. The summed E-state index contributed by atoms with van der Waals surface area (Å²) in [6, 6.07) is 6.60. The second-order valence-electron chi connectivity index (χ2n) is 9.02. The molecule has 0 fully saturated rings. The Balaban J connectivity index is 2.86. The molecule has 0 heterocycles. The lowest BCUT2D eigenvalue weighted by molar-refractivity contribution is -0.143. The molecule has 33 heavy (non-hydrogen) atoms. The van der Waals surface area contributed by atoms with Crippen molar-refractivity contribution in [3.8, 4) is 0 Å². The Morgan fingerprint density at radius 2 is 1.67 bits per heavy atom. The molecule has 7 nitrogen and oxygen atoms in total. The van der Waals surface area contributed by atoms with Crippen molar-refractivity contribution in [2.75, 3.05) is 7.11 Å². The zero-order valence-corrected chi connectivity index (χ0v) is 20.6. The summed E-state index contributed by atoms with van der Waals surface area (Å²) >= 11 is 0. The number of hydrogen-bond donors (Lipinski definition) is 1. The van der Waals surface area contributed by atoms with Gasteiger partial charge in [0.15, 0.2) is 11.6 Å². The maximum atomic E-state index is 12.4.